The van der Waals surface area contributed by atoms with Crippen LogP contribution in [0.15, 0.2) is 30.5 Å². The van der Waals surface area contributed by atoms with Gasteiger partial charge in [0.25, 0.3) is 0 Å². The molecule has 0 aliphatic carbocycles. The molecule has 0 spiro atoms. The van der Waals surface area contributed by atoms with E-state index in [0.717, 1.165) is 22.2 Å². The van der Waals surface area contributed by atoms with E-state index in [4.69, 9.17) is 48.5 Å². The summed E-state index contributed by atoms with van der Waals surface area (Å²) < 4.78 is 0. The number of aromatic amines is 1. The lowest BCUT2D eigenvalue weighted by Crippen LogP contribution is -2.39. The van der Waals surface area contributed by atoms with E-state index in [1.165, 1.54) is 6.92 Å². The number of aliphatic hydroxyl groups excluding tert-OH is 1. The molecule has 5 atom stereocenters. The lowest BCUT2D eigenvalue weighted by molar-refractivity contribution is -0.141. The third kappa shape index (κ3) is 18.7. The zero-order valence-electron chi connectivity index (χ0n) is 23.8. The molecular formula is C26H45N5O9S. The Bertz CT molecular complexity index is 1060. The standard InChI is InChI=1S/C11H12N2O2.C6H13NO2.C5H11NO2S.C4H9NO3/c12-9(11(14)15)5-7-6-13-10-4-2-1-3-8(7)10;1-4(2)3-5(7)6(8)9;1-9-3-2-4(6)5(7)8;1-2(6)3(5)4(7)8/h1-4,6,9,13H,5,12H2,(H,14,15);4-5H,3,7H2,1-2H3,(H,8,9);4H,2-3,6H2,1H3,(H,7,8);2-3,6H,5H2,1H3,(H,7,8). The first kappa shape index (κ1) is 39.9. The van der Waals surface area contributed by atoms with Gasteiger partial charge >= 0.3 is 23.9 Å². The fraction of sp³-hybridized carbons (Fsp3) is 0.538. The molecule has 1 heterocycles. The van der Waals surface area contributed by atoms with Crippen molar-refractivity contribution in [3.8, 4) is 0 Å². The second kappa shape index (κ2) is 21.5. The number of rotatable bonds is 12. The Labute approximate surface area is 243 Å². The molecule has 1 aromatic heterocycles. The molecule has 0 bridgehead atoms. The van der Waals surface area contributed by atoms with Crippen molar-refractivity contribution in [3.05, 3.63) is 36.0 Å². The summed E-state index contributed by atoms with van der Waals surface area (Å²) in [5.74, 6) is -2.81. The minimum atomic E-state index is -1.18. The van der Waals surface area contributed by atoms with E-state index in [-0.39, 0.29) is 0 Å². The van der Waals surface area contributed by atoms with Gasteiger partial charge in [0.1, 0.15) is 24.2 Å². The molecule has 5 unspecified atom stereocenters. The van der Waals surface area contributed by atoms with Crippen LogP contribution in [0.1, 0.15) is 39.2 Å². The third-order valence-corrected chi connectivity index (χ3v) is 5.87. The normalized spacial score (nSPS) is 14.0. The maximum absolute atomic E-state index is 10.6. The minimum Gasteiger partial charge on any atom is -0.480 e. The molecular weight excluding hydrogens is 558 g/mol. The van der Waals surface area contributed by atoms with Crippen LogP contribution in [-0.4, -0.2) is 96.7 Å². The van der Waals surface area contributed by atoms with Crippen molar-refractivity contribution in [2.75, 3.05) is 12.0 Å². The lowest BCUT2D eigenvalue weighted by Gasteiger charge is -2.07. The summed E-state index contributed by atoms with van der Waals surface area (Å²) in [6.45, 7) is 5.23. The monoisotopic (exact) mass is 603 g/mol. The second-order valence-electron chi connectivity index (χ2n) is 9.41. The minimum absolute atomic E-state index is 0.347. The van der Waals surface area contributed by atoms with Crippen molar-refractivity contribution >= 4 is 46.5 Å². The third-order valence-electron chi connectivity index (χ3n) is 5.23. The Balaban J connectivity index is 0. The number of thioether (sulfide) groups is 1. The van der Waals surface area contributed by atoms with Crippen LogP contribution in [0.2, 0.25) is 0 Å². The number of benzene rings is 1. The molecule has 0 fully saturated rings. The molecule has 2 rings (SSSR count). The zero-order valence-corrected chi connectivity index (χ0v) is 24.6. The van der Waals surface area contributed by atoms with Gasteiger partial charge in [-0.15, -0.1) is 0 Å². The van der Waals surface area contributed by atoms with Crippen LogP contribution >= 0.6 is 11.8 Å². The maximum Gasteiger partial charge on any atom is 0.323 e. The van der Waals surface area contributed by atoms with Crippen LogP contribution < -0.4 is 22.9 Å². The highest BCUT2D eigenvalue weighted by molar-refractivity contribution is 7.98. The molecule has 0 aliphatic heterocycles. The SMILES string of the molecule is CC(C)CC(N)C(=O)O.CC(O)C(N)C(=O)O.CSCCC(N)C(=O)O.NC(Cc1c[nH]c2ccccc12)C(=O)O. The second-order valence-corrected chi connectivity index (χ2v) is 10.4. The molecule has 14 N–H and O–H groups in total. The number of hydrogen-bond acceptors (Lipinski definition) is 10. The largest absolute Gasteiger partial charge is 0.480 e. The number of aromatic nitrogens is 1. The number of aliphatic hydroxyl groups is 1. The number of nitrogens with one attached hydrogen (secondary N) is 1. The summed E-state index contributed by atoms with van der Waals surface area (Å²) in [6.07, 6.45) is 4.21. The van der Waals surface area contributed by atoms with Crippen molar-refractivity contribution < 1.29 is 44.7 Å². The zero-order chi connectivity index (χ0) is 32.3. The van der Waals surface area contributed by atoms with E-state index in [1.54, 1.807) is 11.8 Å². The number of hydrogen-bond donors (Lipinski definition) is 10. The number of fused-ring (bicyclic) bond motifs is 1. The van der Waals surface area contributed by atoms with Crippen molar-refractivity contribution in [1.29, 1.82) is 0 Å². The first-order chi connectivity index (χ1) is 19.0. The molecule has 15 heteroatoms. The smallest absolute Gasteiger partial charge is 0.323 e. The Hall–Kier alpha value is -3.21. The van der Waals surface area contributed by atoms with Gasteiger partial charge in [0.15, 0.2) is 0 Å². The quantitative estimate of drug-likeness (QED) is 0.158. The predicted molar refractivity (Wildman–Crippen MR) is 159 cm³/mol. The molecule has 14 nitrogen and oxygen atoms in total. The summed E-state index contributed by atoms with van der Waals surface area (Å²) in [7, 11) is 0. The molecule has 41 heavy (non-hydrogen) atoms. The summed E-state index contributed by atoms with van der Waals surface area (Å²) in [5.41, 5.74) is 22.8. The first-order valence-electron chi connectivity index (χ1n) is 12.6. The van der Waals surface area contributed by atoms with E-state index in [9.17, 15) is 19.2 Å². The average molecular weight is 604 g/mol. The van der Waals surface area contributed by atoms with Gasteiger partial charge in [-0.2, -0.15) is 11.8 Å². The highest BCUT2D eigenvalue weighted by Crippen LogP contribution is 2.18. The fourth-order valence-electron chi connectivity index (χ4n) is 2.81. The highest BCUT2D eigenvalue weighted by Gasteiger charge is 2.16. The predicted octanol–water partition coefficient (Wildman–Crippen LogP) is 0.497. The van der Waals surface area contributed by atoms with E-state index in [0.29, 0.717) is 25.2 Å². The van der Waals surface area contributed by atoms with Gasteiger partial charge in [0, 0.05) is 23.5 Å². The van der Waals surface area contributed by atoms with Crippen molar-refractivity contribution in [3.63, 3.8) is 0 Å². The Morgan fingerprint density at radius 3 is 1.71 bits per heavy atom. The highest BCUT2D eigenvalue weighted by atomic mass is 32.2. The van der Waals surface area contributed by atoms with Gasteiger partial charge in [-0.1, -0.05) is 32.0 Å². The van der Waals surface area contributed by atoms with Crippen molar-refractivity contribution in [2.24, 2.45) is 28.9 Å². The molecule has 1 aromatic carbocycles. The Morgan fingerprint density at radius 1 is 0.829 bits per heavy atom. The van der Waals surface area contributed by atoms with Crippen LogP contribution in [0.4, 0.5) is 0 Å². The van der Waals surface area contributed by atoms with Crippen molar-refractivity contribution in [1.82, 2.24) is 4.98 Å². The van der Waals surface area contributed by atoms with Gasteiger partial charge in [-0.25, -0.2) is 0 Å². The first-order valence-corrected chi connectivity index (χ1v) is 14.0. The number of H-pyrrole nitrogens is 1. The van der Waals surface area contributed by atoms with Crippen LogP contribution in [0.5, 0.6) is 0 Å². The Morgan fingerprint density at radius 2 is 1.34 bits per heavy atom. The van der Waals surface area contributed by atoms with Gasteiger partial charge in [0.05, 0.1) is 6.10 Å². The van der Waals surface area contributed by atoms with E-state index in [1.807, 2.05) is 50.6 Å². The number of carboxylic acid groups (broad SMARTS) is 4. The van der Waals surface area contributed by atoms with Gasteiger partial charge in [-0.05, 0) is 49.3 Å². The molecule has 0 saturated heterocycles. The van der Waals surface area contributed by atoms with Crippen LogP contribution in [0.25, 0.3) is 10.9 Å². The number of aliphatic carboxylic acids is 4. The molecule has 0 saturated carbocycles. The van der Waals surface area contributed by atoms with Gasteiger partial charge in [-0.3, -0.25) is 19.2 Å². The van der Waals surface area contributed by atoms with Crippen molar-refractivity contribution in [2.45, 2.75) is 70.3 Å². The summed E-state index contributed by atoms with van der Waals surface area (Å²) in [5, 5.41) is 42.9. The van der Waals surface area contributed by atoms with Crippen LogP contribution in [0, 0.1) is 5.92 Å². The van der Waals surface area contributed by atoms with Crippen LogP contribution in [-0.2, 0) is 25.6 Å². The molecule has 0 amide bonds. The van der Waals surface area contributed by atoms with Gasteiger partial charge < -0.3 is 53.5 Å². The maximum atomic E-state index is 10.6. The topological polar surface area (TPSA) is 289 Å². The molecule has 0 aliphatic rings. The summed E-state index contributed by atoms with van der Waals surface area (Å²) in [4.78, 5) is 43.7. The molecule has 0 radical (unpaired) electrons. The number of para-hydroxylation sites is 1. The average Bonchev–Trinajstić information content (AvgIpc) is 3.29. The van der Waals surface area contributed by atoms with Crippen LogP contribution in [0.3, 0.4) is 0 Å². The van der Waals surface area contributed by atoms with Gasteiger partial charge in [0.2, 0.25) is 0 Å². The molecule has 234 valence electrons. The lowest BCUT2D eigenvalue weighted by atomic mass is 10.1. The van der Waals surface area contributed by atoms with E-state index >= 15 is 0 Å². The van der Waals surface area contributed by atoms with E-state index in [2.05, 4.69) is 4.98 Å². The Kier molecular flexibility index (Phi) is 21.0. The summed E-state index contributed by atoms with van der Waals surface area (Å²) >= 11 is 1.60. The number of nitrogens with two attached hydrogens (primary N) is 4. The fourth-order valence-corrected chi connectivity index (χ4v) is 3.30. The summed E-state index contributed by atoms with van der Waals surface area (Å²) in [6, 6.07) is 4.38. The van der Waals surface area contributed by atoms with E-state index < -0.39 is 54.1 Å². The number of carbonyl (C=O) groups is 4. The number of carboxylic acids is 4. The molecule has 2 aromatic rings.